The number of rotatable bonds is 5. The maximum Gasteiger partial charge on any atom is 0.573 e. The summed E-state index contributed by atoms with van der Waals surface area (Å²) in [5.74, 6) is -0.463. The van der Waals surface area contributed by atoms with E-state index in [2.05, 4.69) is 23.2 Å². The van der Waals surface area contributed by atoms with Gasteiger partial charge in [0.1, 0.15) is 5.76 Å². The molecule has 5 heteroatoms. The van der Waals surface area contributed by atoms with Gasteiger partial charge in [-0.15, -0.1) is 13.2 Å². The van der Waals surface area contributed by atoms with Crippen LogP contribution in [0.15, 0.2) is 36.6 Å². The number of hydrogen-bond acceptors (Lipinski definition) is 2. The number of halogens is 3. The van der Waals surface area contributed by atoms with Crippen LogP contribution in [0.1, 0.15) is 0 Å². The molecule has 0 atom stereocenters. The Morgan fingerprint density at radius 1 is 1.36 bits per heavy atom. The van der Waals surface area contributed by atoms with Gasteiger partial charge in [-0.3, -0.25) is 0 Å². The lowest BCUT2D eigenvalue weighted by atomic mass is 10.2. The zero-order chi connectivity index (χ0) is 11.2. The molecule has 14 heavy (non-hydrogen) atoms. The number of ether oxygens (including phenoxy) is 1. The summed E-state index contributed by atoms with van der Waals surface area (Å²) >= 11 is 0. The molecule has 0 aliphatic carbocycles. The second-order valence-corrected chi connectivity index (χ2v) is 2.54. The largest absolute Gasteiger partial charge is 0.573 e. The van der Waals surface area contributed by atoms with E-state index in [9.17, 15) is 13.2 Å². The van der Waals surface area contributed by atoms with Crippen LogP contribution in [0.3, 0.4) is 0 Å². The summed E-state index contributed by atoms with van der Waals surface area (Å²) in [5.41, 5.74) is 0.638. The third-order valence-corrected chi connectivity index (χ3v) is 1.16. The number of likely N-dealkylation sites (N-methyl/N-ethyl adjacent to an activating group) is 1. The van der Waals surface area contributed by atoms with Gasteiger partial charge in [0.2, 0.25) is 0 Å². The minimum atomic E-state index is -4.69. The summed E-state index contributed by atoms with van der Waals surface area (Å²) in [6.45, 7) is 7.16. The van der Waals surface area contributed by atoms with Crippen LogP contribution in [-0.2, 0) is 4.74 Å². The Kier molecular flexibility index (Phi) is 5.01. The molecule has 0 rings (SSSR count). The molecule has 0 saturated heterocycles. The number of allylic oxidation sites excluding steroid dienone is 1. The SMILES string of the molecule is C=C(/C=C\C(=C)OC(F)(F)F)CNC. The number of hydrogen-bond donors (Lipinski definition) is 1. The van der Waals surface area contributed by atoms with Crippen molar-refractivity contribution in [2.24, 2.45) is 0 Å². The fraction of sp³-hybridized carbons (Fsp3) is 0.333. The molecule has 0 heterocycles. The zero-order valence-corrected chi connectivity index (χ0v) is 7.82. The first kappa shape index (κ1) is 12.8. The van der Waals surface area contributed by atoms with Crippen LogP contribution in [0.2, 0.25) is 0 Å². The number of alkyl halides is 3. The summed E-state index contributed by atoms with van der Waals surface area (Å²) in [5, 5.41) is 2.80. The Bertz CT molecular complexity index is 243. The monoisotopic (exact) mass is 207 g/mol. The molecule has 0 aromatic heterocycles. The predicted molar refractivity (Wildman–Crippen MR) is 48.5 cm³/mol. The lowest BCUT2D eigenvalue weighted by Gasteiger charge is -2.07. The van der Waals surface area contributed by atoms with Crippen molar-refractivity contribution in [3.8, 4) is 0 Å². The second kappa shape index (κ2) is 5.49. The molecule has 0 aliphatic rings. The third-order valence-electron chi connectivity index (χ3n) is 1.16. The fourth-order valence-corrected chi connectivity index (χ4v) is 0.679. The molecular formula is C9H12F3NO. The maximum absolute atomic E-state index is 11.6. The Morgan fingerprint density at radius 3 is 2.36 bits per heavy atom. The average Bonchev–Trinajstić information content (AvgIpc) is 1.98. The molecule has 0 aromatic carbocycles. The standard InChI is InChI=1S/C9H12F3NO/c1-7(6-13-3)4-5-8(2)14-9(10,11)12/h4-5,13H,1-2,6H2,3H3/b5-4-. The van der Waals surface area contributed by atoms with Crippen LogP contribution in [0.25, 0.3) is 0 Å². The highest BCUT2D eigenvalue weighted by Gasteiger charge is 2.30. The van der Waals surface area contributed by atoms with Crippen molar-refractivity contribution >= 4 is 0 Å². The minimum absolute atomic E-state index is 0.463. The quantitative estimate of drug-likeness (QED) is 0.552. The minimum Gasteiger partial charge on any atom is -0.406 e. The van der Waals surface area contributed by atoms with E-state index < -0.39 is 12.1 Å². The van der Waals surface area contributed by atoms with E-state index in [4.69, 9.17) is 0 Å². The first-order valence-corrected chi connectivity index (χ1v) is 3.80. The van der Waals surface area contributed by atoms with Crippen molar-refractivity contribution in [1.29, 1.82) is 0 Å². The summed E-state index contributed by atoms with van der Waals surface area (Å²) in [6, 6.07) is 0. The summed E-state index contributed by atoms with van der Waals surface area (Å²) in [4.78, 5) is 0. The predicted octanol–water partition coefficient (Wildman–Crippen LogP) is 2.37. The summed E-state index contributed by atoms with van der Waals surface area (Å²) in [7, 11) is 1.71. The molecule has 0 aromatic rings. The first-order valence-electron chi connectivity index (χ1n) is 3.80. The Labute approximate surface area is 80.7 Å². The van der Waals surface area contributed by atoms with Gasteiger partial charge in [0.15, 0.2) is 0 Å². The lowest BCUT2D eigenvalue weighted by molar-refractivity contribution is -0.303. The van der Waals surface area contributed by atoms with E-state index in [-0.39, 0.29) is 0 Å². The molecule has 0 amide bonds. The molecule has 0 fully saturated rings. The van der Waals surface area contributed by atoms with Gasteiger partial charge < -0.3 is 10.1 Å². The molecule has 0 spiro atoms. The van der Waals surface area contributed by atoms with E-state index in [0.717, 1.165) is 6.08 Å². The van der Waals surface area contributed by atoms with Crippen LogP contribution in [0, 0.1) is 0 Å². The van der Waals surface area contributed by atoms with E-state index >= 15 is 0 Å². The fourth-order valence-electron chi connectivity index (χ4n) is 0.679. The van der Waals surface area contributed by atoms with Crippen molar-refractivity contribution in [3.05, 3.63) is 36.6 Å². The normalized spacial score (nSPS) is 11.7. The molecule has 0 saturated carbocycles. The summed E-state index contributed by atoms with van der Waals surface area (Å²) in [6.07, 6.45) is -2.16. The van der Waals surface area contributed by atoms with Gasteiger partial charge >= 0.3 is 6.36 Å². The van der Waals surface area contributed by atoms with Gasteiger partial charge in [-0.2, -0.15) is 0 Å². The molecule has 0 bridgehead atoms. The van der Waals surface area contributed by atoms with E-state index in [1.807, 2.05) is 0 Å². The smallest absolute Gasteiger partial charge is 0.406 e. The van der Waals surface area contributed by atoms with Crippen molar-refractivity contribution in [2.45, 2.75) is 6.36 Å². The highest BCUT2D eigenvalue weighted by atomic mass is 19.4. The Balaban J connectivity index is 4.00. The lowest BCUT2D eigenvalue weighted by Crippen LogP contribution is -2.11. The highest BCUT2D eigenvalue weighted by Crippen LogP contribution is 2.20. The molecule has 0 unspecified atom stereocenters. The van der Waals surface area contributed by atoms with Crippen LogP contribution in [0.5, 0.6) is 0 Å². The van der Waals surface area contributed by atoms with Gasteiger partial charge in [-0.25, -0.2) is 0 Å². The van der Waals surface area contributed by atoms with E-state index in [1.165, 1.54) is 6.08 Å². The van der Waals surface area contributed by atoms with Gasteiger partial charge in [-0.1, -0.05) is 19.2 Å². The Morgan fingerprint density at radius 2 is 1.93 bits per heavy atom. The van der Waals surface area contributed by atoms with Crippen molar-refractivity contribution in [1.82, 2.24) is 5.32 Å². The molecular weight excluding hydrogens is 195 g/mol. The van der Waals surface area contributed by atoms with Crippen LogP contribution in [0.4, 0.5) is 13.2 Å². The molecule has 1 N–H and O–H groups in total. The van der Waals surface area contributed by atoms with Crippen molar-refractivity contribution < 1.29 is 17.9 Å². The van der Waals surface area contributed by atoms with Crippen LogP contribution >= 0.6 is 0 Å². The summed E-state index contributed by atoms with van der Waals surface area (Å²) < 4.78 is 38.4. The zero-order valence-electron chi connectivity index (χ0n) is 7.82. The average molecular weight is 207 g/mol. The van der Waals surface area contributed by atoms with Crippen molar-refractivity contribution in [2.75, 3.05) is 13.6 Å². The van der Waals surface area contributed by atoms with E-state index in [1.54, 1.807) is 7.05 Å². The molecule has 80 valence electrons. The molecule has 0 radical (unpaired) electrons. The maximum atomic E-state index is 11.6. The van der Waals surface area contributed by atoms with Crippen LogP contribution < -0.4 is 5.32 Å². The van der Waals surface area contributed by atoms with E-state index in [0.29, 0.717) is 12.1 Å². The Hall–Kier alpha value is -1.23. The highest BCUT2D eigenvalue weighted by molar-refractivity contribution is 5.22. The van der Waals surface area contributed by atoms with Crippen LogP contribution in [-0.4, -0.2) is 20.0 Å². The van der Waals surface area contributed by atoms with Crippen molar-refractivity contribution in [3.63, 3.8) is 0 Å². The molecule has 0 aliphatic heterocycles. The second-order valence-electron chi connectivity index (χ2n) is 2.54. The van der Waals surface area contributed by atoms with Gasteiger partial charge in [0.05, 0.1) is 0 Å². The van der Waals surface area contributed by atoms with Gasteiger partial charge in [0, 0.05) is 6.54 Å². The first-order chi connectivity index (χ1) is 6.35. The third kappa shape index (κ3) is 7.42. The van der Waals surface area contributed by atoms with Gasteiger partial charge in [0.25, 0.3) is 0 Å². The van der Waals surface area contributed by atoms with Gasteiger partial charge in [-0.05, 0) is 18.7 Å². The topological polar surface area (TPSA) is 21.3 Å². The number of nitrogens with one attached hydrogen (secondary N) is 1. The molecule has 2 nitrogen and oxygen atoms in total.